The van der Waals surface area contributed by atoms with Gasteiger partial charge in [0.15, 0.2) is 0 Å². The average molecular weight is 374 g/mol. The number of sulfonamides is 1. The maximum atomic E-state index is 12.7. The summed E-state index contributed by atoms with van der Waals surface area (Å²) in [5, 5.41) is 0. The van der Waals surface area contributed by atoms with Crippen molar-refractivity contribution >= 4 is 27.3 Å². The third kappa shape index (κ3) is 3.53. The van der Waals surface area contributed by atoms with Gasteiger partial charge in [-0.3, -0.25) is 9.52 Å². The van der Waals surface area contributed by atoms with Gasteiger partial charge in [-0.2, -0.15) is 0 Å². The lowest BCUT2D eigenvalue weighted by molar-refractivity contribution is -0.116. The van der Waals surface area contributed by atoms with E-state index >= 15 is 0 Å². The predicted octanol–water partition coefficient (Wildman–Crippen LogP) is 3.10. The number of nitrogens with one attached hydrogen (secondary N) is 1. The van der Waals surface area contributed by atoms with Crippen LogP contribution in [0.25, 0.3) is 0 Å². The SMILES string of the molecule is CCOc1ccc(S(=O)(=O)Nc2ccc3c(c2)CCN3C(C)=O)cc1C. The molecule has 0 spiro atoms. The van der Waals surface area contributed by atoms with E-state index in [1.165, 1.54) is 13.0 Å². The Bertz CT molecular complexity index is 954. The Kier molecular flexibility index (Phi) is 4.91. The summed E-state index contributed by atoms with van der Waals surface area (Å²) < 4.78 is 33.4. The number of carbonyl (C=O) groups is 1. The van der Waals surface area contributed by atoms with Crippen LogP contribution in [0.2, 0.25) is 0 Å². The lowest BCUT2D eigenvalue weighted by atomic mass is 10.1. The molecule has 0 atom stereocenters. The zero-order valence-electron chi connectivity index (χ0n) is 15.1. The summed E-state index contributed by atoms with van der Waals surface area (Å²) in [6.45, 7) is 6.37. The third-order valence-corrected chi connectivity index (χ3v) is 5.74. The summed E-state index contributed by atoms with van der Waals surface area (Å²) in [6.07, 6.45) is 0.715. The molecule has 0 saturated carbocycles. The number of aryl methyl sites for hydroxylation is 1. The molecule has 0 aromatic heterocycles. The number of ether oxygens (including phenoxy) is 1. The molecule has 2 aromatic rings. The number of hydrogen-bond donors (Lipinski definition) is 1. The van der Waals surface area contributed by atoms with Gasteiger partial charge in [-0.1, -0.05) is 0 Å². The molecule has 1 N–H and O–H groups in total. The quantitative estimate of drug-likeness (QED) is 0.873. The van der Waals surface area contributed by atoms with E-state index in [1.807, 2.05) is 13.8 Å². The second-order valence-electron chi connectivity index (χ2n) is 6.23. The Morgan fingerprint density at radius 3 is 2.65 bits per heavy atom. The van der Waals surface area contributed by atoms with Crippen molar-refractivity contribution in [2.45, 2.75) is 32.1 Å². The first-order valence-corrected chi connectivity index (χ1v) is 9.97. The molecule has 26 heavy (non-hydrogen) atoms. The molecule has 0 radical (unpaired) electrons. The number of fused-ring (bicyclic) bond motifs is 1. The Labute approximate surface area is 153 Å². The minimum absolute atomic E-state index is 0.0121. The molecule has 0 bridgehead atoms. The van der Waals surface area contributed by atoms with Crippen molar-refractivity contribution in [3.05, 3.63) is 47.5 Å². The molecular formula is C19H22N2O4S. The molecule has 1 aliphatic rings. The van der Waals surface area contributed by atoms with E-state index in [0.717, 1.165) is 16.8 Å². The number of rotatable bonds is 5. The summed E-state index contributed by atoms with van der Waals surface area (Å²) in [7, 11) is -3.70. The van der Waals surface area contributed by atoms with E-state index in [-0.39, 0.29) is 10.8 Å². The van der Waals surface area contributed by atoms with Gasteiger partial charge < -0.3 is 9.64 Å². The average Bonchev–Trinajstić information content (AvgIpc) is 2.99. The summed E-state index contributed by atoms with van der Waals surface area (Å²) in [5.74, 6) is 0.662. The van der Waals surface area contributed by atoms with Gasteiger partial charge in [0.1, 0.15) is 5.75 Å². The summed E-state index contributed by atoms with van der Waals surface area (Å²) >= 11 is 0. The van der Waals surface area contributed by atoms with E-state index in [0.29, 0.717) is 31.0 Å². The van der Waals surface area contributed by atoms with Crippen molar-refractivity contribution in [1.82, 2.24) is 0 Å². The van der Waals surface area contributed by atoms with Crippen molar-refractivity contribution in [3.8, 4) is 5.75 Å². The van der Waals surface area contributed by atoms with Crippen LogP contribution in [0.3, 0.4) is 0 Å². The highest BCUT2D eigenvalue weighted by Gasteiger charge is 2.23. The van der Waals surface area contributed by atoms with Gasteiger partial charge in [-0.05, 0) is 67.8 Å². The van der Waals surface area contributed by atoms with Crippen LogP contribution in [0.5, 0.6) is 5.75 Å². The molecule has 6 nitrogen and oxygen atoms in total. The van der Waals surface area contributed by atoms with Crippen molar-refractivity contribution in [3.63, 3.8) is 0 Å². The van der Waals surface area contributed by atoms with Gasteiger partial charge in [0.25, 0.3) is 10.0 Å². The lowest BCUT2D eigenvalue weighted by Crippen LogP contribution is -2.25. The molecule has 7 heteroatoms. The van der Waals surface area contributed by atoms with Crippen LogP contribution in [-0.4, -0.2) is 27.5 Å². The van der Waals surface area contributed by atoms with E-state index in [9.17, 15) is 13.2 Å². The largest absolute Gasteiger partial charge is 0.494 e. The molecule has 0 aliphatic carbocycles. The van der Waals surface area contributed by atoms with Crippen molar-refractivity contribution in [2.24, 2.45) is 0 Å². The molecule has 0 saturated heterocycles. The second kappa shape index (κ2) is 6.99. The van der Waals surface area contributed by atoms with Crippen molar-refractivity contribution in [2.75, 3.05) is 22.8 Å². The van der Waals surface area contributed by atoms with Gasteiger partial charge >= 0.3 is 0 Å². The number of hydrogen-bond acceptors (Lipinski definition) is 4. The number of benzene rings is 2. The summed E-state index contributed by atoms with van der Waals surface area (Å²) in [4.78, 5) is 13.5. The van der Waals surface area contributed by atoms with Crippen LogP contribution < -0.4 is 14.4 Å². The van der Waals surface area contributed by atoms with Crippen LogP contribution in [0.15, 0.2) is 41.3 Å². The zero-order chi connectivity index (χ0) is 18.9. The Morgan fingerprint density at radius 2 is 2.00 bits per heavy atom. The van der Waals surface area contributed by atoms with Crippen molar-refractivity contribution in [1.29, 1.82) is 0 Å². The molecule has 0 unspecified atom stereocenters. The first-order chi connectivity index (χ1) is 12.3. The molecule has 3 rings (SSSR count). The fraction of sp³-hybridized carbons (Fsp3) is 0.316. The predicted molar refractivity (Wildman–Crippen MR) is 101 cm³/mol. The van der Waals surface area contributed by atoms with E-state index in [4.69, 9.17) is 4.74 Å². The van der Waals surface area contributed by atoms with Gasteiger partial charge in [-0.15, -0.1) is 0 Å². The van der Waals surface area contributed by atoms with Crippen molar-refractivity contribution < 1.29 is 17.9 Å². The molecule has 1 amide bonds. The molecular weight excluding hydrogens is 352 g/mol. The first kappa shape index (κ1) is 18.3. The summed E-state index contributed by atoms with van der Waals surface area (Å²) in [5.41, 5.74) is 3.06. The van der Waals surface area contributed by atoms with Crippen LogP contribution in [-0.2, 0) is 21.2 Å². The summed E-state index contributed by atoms with van der Waals surface area (Å²) in [6, 6.07) is 10.0. The fourth-order valence-corrected chi connectivity index (χ4v) is 4.25. The first-order valence-electron chi connectivity index (χ1n) is 8.49. The van der Waals surface area contributed by atoms with E-state index < -0.39 is 10.0 Å². The lowest BCUT2D eigenvalue weighted by Gasteiger charge is -2.15. The van der Waals surface area contributed by atoms with E-state index in [2.05, 4.69) is 4.72 Å². The fourth-order valence-electron chi connectivity index (χ4n) is 3.11. The topological polar surface area (TPSA) is 75.7 Å². The number of carbonyl (C=O) groups excluding carboxylic acids is 1. The van der Waals surface area contributed by atoms with Crippen LogP contribution >= 0.6 is 0 Å². The second-order valence-corrected chi connectivity index (χ2v) is 7.91. The van der Waals surface area contributed by atoms with E-state index in [1.54, 1.807) is 35.2 Å². The highest BCUT2D eigenvalue weighted by Crippen LogP contribution is 2.31. The number of nitrogens with zero attached hydrogens (tertiary/aromatic N) is 1. The Hall–Kier alpha value is -2.54. The highest BCUT2D eigenvalue weighted by molar-refractivity contribution is 7.92. The smallest absolute Gasteiger partial charge is 0.261 e. The van der Waals surface area contributed by atoms with Crippen LogP contribution in [0.1, 0.15) is 25.0 Å². The van der Waals surface area contributed by atoms with Gasteiger partial charge in [0.2, 0.25) is 5.91 Å². The van der Waals surface area contributed by atoms with Crippen LogP contribution in [0.4, 0.5) is 11.4 Å². The Balaban J connectivity index is 1.84. The zero-order valence-corrected chi connectivity index (χ0v) is 15.9. The Morgan fingerprint density at radius 1 is 1.23 bits per heavy atom. The number of anilines is 2. The maximum absolute atomic E-state index is 12.7. The van der Waals surface area contributed by atoms with Gasteiger partial charge in [-0.25, -0.2) is 8.42 Å². The number of amides is 1. The standard InChI is InChI=1S/C19H22N2O4S/c1-4-25-19-8-6-17(11-13(19)2)26(23,24)20-16-5-7-18-15(12-16)9-10-21(18)14(3)22/h5-8,11-12,20H,4,9-10H2,1-3H3. The van der Waals surface area contributed by atoms with Gasteiger partial charge in [0, 0.05) is 24.8 Å². The normalized spacial score (nSPS) is 13.4. The minimum Gasteiger partial charge on any atom is -0.494 e. The molecule has 0 fully saturated rings. The molecule has 138 valence electrons. The van der Waals surface area contributed by atoms with Crippen LogP contribution in [0, 0.1) is 6.92 Å². The molecule has 2 aromatic carbocycles. The molecule has 1 aliphatic heterocycles. The minimum atomic E-state index is -3.70. The van der Waals surface area contributed by atoms with Gasteiger partial charge in [0.05, 0.1) is 11.5 Å². The maximum Gasteiger partial charge on any atom is 0.261 e. The molecule has 1 heterocycles. The highest BCUT2D eigenvalue weighted by atomic mass is 32.2. The monoisotopic (exact) mass is 374 g/mol. The third-order valence-electron chi connectivity index (χ3n) is 4.36.